The zero-order valence-corrected chi connectivity index (χ0v) is 10.7. The smallest absolute Gasteiger partial charge is 0.416 e. The van der Waals surface area contributed by atoms with Crippen molar-refractivity contribution in [3.63, 3.8) is 0 Å². The van der Waals surface area contributed by atoms with Gasteiger partial charge in [-0.25, -0.2) is 4.39 Å². The van der Waals surface area contributed by atoms with Gasteiger partial charge in [-0.2, -0.15) is 13.2 Å². The third kappa shape index (κ3) is 3.32. The summed E-state index contributed by atoms with van der Waals surface area (Å²) in [5.74, 6) is -3.78. The average molecular weight is 305 g/mol. The van der Waals surface area contributed by atoms with E-state index in [9.17, 15) is 27.2 Å². The standard InChI is InChI=1S/C13H11F4NO3/c14-10-4-8(3-9(5-10)13(15,16)17)11(19)18-2-1-7(6-18)12(20)21/h3-5,7H,1-2,6H2,(H,20,21). The molecular formula is C13H11F4NO3. The molecule has 1 unspecified atom stereocenters. The lowest BCUT2D eigenvalue weighted by Gasteiger charge is -2.17. The number of nitrogens with zero attached hydrogens (tertiary/aromatic N) is 1. The second-order valence-corrected chi connectivity index (χ2v) is 4.80. The zero-order chi connectivity index (χ0) is 15.8. The number of carboxylic acid groups (broad SMARTS) is 1. The Labute approximate surface area is 117 Å². The number of hydrogen-bond acceptors (Lipinski definition) is 2. The van der Waals surface area contributed by atoms with Gasteiger partial charge in [-0.3, -0.25) is 9.59 Å². The van der Waals surface area contributed by atoms with Gasteiger partial charge in [-0.05, 0) is 24.6 Å². The van der Waals surface area contributed by atoms with Crippen LogP contribution in [0.4, 0.5) is 17.6 Å². The van der Waals surface area contributed by atoms with Crippen LogP contribution in [0.1, 0.15) is 22.3 Å². The van der Waals surface area contributed by atoms with Crippen LogP contribution in [0.2, 0.25) is 0 Å². The molecule has 0 spiro atoms. The van der Waals surface area contributed by atoms with Crippen molar-refractivity contribution in [2.45, 2.75) is 12.6 Å². The van der Waals surface area contributed by atoms with Crippen molar-refractivity contribution < 1.29 is 32.3 Å². The molecule has 0 saturated carbocycles. The normalized spacial score (nSPS) is 18.9. The number of halogens is 4. The molecule has 21 heavy (non-hydrogen) atoms. The first-order valence-electron chi connectivity index (χ1n) is 6.08. The molecule has 2 rings (SSSR count). The molecular weight excluding hydrogens is 294 g/mol. The van der Waals surface area contributed by atoms with E-state index in [-0.39, 0.29) is 19.5 Å². The average Bonchev–Trinajstić information content (AvgIpc) is 2.85. The first kappa shape index (κ1) is 15.3. The Bertz CT molecular complexity index is 585. The van der Waals surface area contributed by atoms with Gasteiger partial charge >= 0.3 is 12.1 Å². The molecule has 1 saturated heterocycles. The molecule has 0 radical (unpaired) electrons. The van der Waals surface area contributed by atoms with Crippen LogP contribution >= 0.6 is 0 Å². The molecule has 1 aromatic rings. The predicted molar refractivity (Wildman–Crippen MR) is 63.0 cm³/mol. The summed E-state index contributed by atoms with van der Waals surface area (Å²) < 4.78 is 51.0. The highest BCUT2D eigenvalue weighted by Gasteiger charge is 2.34. The van der Waals surface area contributed by atoms with Crippen LogP contribution in [0, 0.1) is 11.7 Å². The van der Waals surface area contributed by atoms with Gasteiger partial charge in [0.15, 0.2) is 0 Å². The summed E-state index contributed by atoms with van der Waals surface area (Å²) in [5, 5.41) is 8.83. The molecule has 1 N–H and O–H groups in total. The summed E-state index contributed by atoms with van der Waals surface area (Å²) in [6, 6.07) is 1.59. The summed E-state index contributed by atoms with van der Waals surface area (Å²) >= 11 is 0. The van der Waals surface area contributed by atoms with Crippen LogP contribution in [0.3, 0.4) is 0 Å². The number of rotatable bonds is 2. The number of aliphatic carboxylic acids is 1. The summed E-state index contributed by atoms with van der Waals surface area (Å²) in [5.41, 5.74) is -1.69. The van der Waals surface area contributed by atoms with Crippen molar-refractivity contribution in [1.29, 1.82) is 0 Å². The molecule has 1 fully saturated rings. The van der Waals surface area contributed by atoms with Crippen LogP contribution < -0.4 is 0 Å². The molecule has 4 nitrogen and oxygen atoms in total. The fourth-order valence-electron chi connectivity index (χ4n) is 2.21. The molecule has 1 atom stereocenters. The van der Waals surface area contributed by atoms with Crippen molar-refractivity contribution >= 4 is 11.9 Å². The maximum absolute atomic E-state index is 13.2. The molecule has 0 bridgehead atoms. The van der Waals surface area contributed by atoms with E-state index in [0.717, 1.165) is 4.90 Å². The second kappa shape index (κ2) is 5.34. The Kier molecular flexibility index (Phi) is 3.89. The fourth-order valence-corrected chi connectivity index (χ4v) is 2.21. The van der Waals surface area contributed by atoms with Crippen molar-refractivity contribution in [3.05, 3.63) is 35.1 Å². The van der Waals surface area contributed by atoms with Gasteiger partial charge in [-0.15, -0.1) is 0 Å². The highest BCUT2D eigenvalue weighted by atomic mass is 19.4. The van der Waals surface area contributed by atoms with E-state index in [0.29, 0.717) is 18.2 Å². The van der Waals surface area contributed by atoms with E-state index in [4.69, 9.17) is 5.11 Å². The molecule has 1 heterocycles. The highest BCUT2D eigenvalue weighted by Crippen LogP contribution is 2.31. The lowest BCUT2D eigenvalue weighted by atomic mass is 10.1. The van der Waals surface area contributed by atoms with E-state index >= 15 is 0 Å². The van der Waals surface area contributed by atoms with E-state index in [1.807, 2.05) is 0 Å². The molecule has 0 aromatic heterocycles. The van der Waals surface area contributed by atoms with E-state index in [2.05, 4.69) is 0 Å². The number of hydrogen-bond donors (Lipinski definition) is 1. The lowest BCUT2D eigenvalue weighted by Crippen LogP contribution is -2.30. The minimum absolute atomic E-state index is 0.0912. The predicted octanol–water partition coefficient (Wildman–Crippen LogP) is 2.39. The highest BCUT2D eigenvalue weighted by molar-refractivity contribution is 5.95. The Hall–Kier alpha value is -2.12. The molecule has 1 aliphatic heterocycles. The number of likely N-dealkylation sites (tertiary alicyclic amines) is 1. The van der Waals surface area contributed by atoms with Gasteiger partial charge in [0.05, 0.1) is 11.5 Å². The van der Waals surface area contributed by atoms with E-state index < -0.39 is 40.9 Å². The molecule has 1 aromatic carbocycles. The van der Waals surface area contributed by atoms with E-state index in [1.165, 1.54) is 0 Å². The van der Waals surface area contributed by atoms with Gasteiger partial charge in [0.25, 0.3) is 5.91 Å². The lowest BCUT2D eigenvalue weighted by molar-refractivity contribution is -0.141. The minimum Gasteiger partial charge on any atom is -0.481 e. The third-order valence-electron chi connectivity index (χ3n) is 3.30. The van der Waals surface area contributed by atoms with Gasteiger partial charge in [-0.1, -0.05) is 0 Å². The third-order valence-corrected chi connectivity index (χ3v) is 3.30. The molecule has 1 amide bonds. The van der Waals surface area contributed by atoms with Gasteiger partial charge < -0.3 is 10.0 Å². The zero-order valence-electron chi connectivity index (χ0n) is 10.7. The molecule has 8 heteroatoms. The molecule has 1 aliphatic rings. The van der Waals surface area contributed by atoms with Crippen LogP contribution in [-0.2, 0) is 11.0 Å². The monoisotopic (exact) mass is 305 g/mol. The van der Waals surface area contributed by atoms with Crippen molar-refractivity contribution in [2.24, 2.45) is 5.92 Å². The maximum atomic E-state index is 13.2. The Morgan fingerprint density at radius 3 is 2.43 bits per heavy atom. The number of amides is 1. The maximum Gasteiger partial charge on any atom is 0.416 e. The van der Waals surface area contributed by atoms with Crippen molar-refractivity contribution in [2.75, 3.05) is 13.1 Å². The Morgan fingerprint density at radius 1 is 1.24 bits per heavy atom. The largest absolute Gasteiger partial charge is 0.481 e. The number of carbonyl (C=O) groups is 2. The van der Waals surface area contributed by atoms with Crippen LogP contribution in [0.15, 0.2) is 18.2 Å². The van der Waals surface area contributed by atoms with Crippen LogP contribution in [0.25, 0.3) is 0 Å². The second-order valence-electron chi connectivity index (χ2n) is 4.80. The van der Waals surface area contributed by atoms with Gasteiger partial charge in [0.1, 0.15) is 5.82 Å². The minimum atomic E-state index is -4.76. The number of carboxylic acids is 1. The SMILES string of the molecule is O=C(O)C1CCN(C(=O)c2cc(F)cc(C(F)(F)F)c2)C1. The summed E-state index contributed by atoms with van der Waals surface area (Å²) in [6.45, 7) is 0.0275. The Balaban J connectivity index is 2.24. The van der Waals surface area contributed by atoms with Crippen molar-refractivity contribution in [1.82, 2.24) is 4.90 Å². The van der Waals surface area contributed by atoms with Crippen LogP contribution in [0.5, 0.6) is 0 Å². The number of benzene rings is 1. The van der Waals surface area contributed by atoms with Gasteiger partial charge in [0, 0.05) is 18.7 Å². The molecule has 114 valence electrons. The van der Waals surface area contributed by atoms with Crippen LogP contribution in [-0.4, -0.2) is 35.0 Å². The number of alkyl halides is 3. The number of carbonyl (C=O) groups excluding carboxylic acids is 1. The van der Waals surface area contributed by atoms with Crippen molar-refractivity contribution in [3.8, 4) is 0 Å². The Morgan fingerprint density at radius 2 is 1.90 bits per heavy atom. The fraction of sp³-hybridized carbons (Fsp3) is 0.385. The van der Waals surface area contributed by atoms with Gasteiger partial charge in [0.2, 0.25) is 0 Å². The quantitative estimate of drug-likeness (QED) is 0.854. The molecule has 0 aliphatic carbocycles. The summed E-state index contributed by atoms with van der Waals surface area (Å²) in [7, 11) is 0. The first-order valence-corrected chi connectivity index (χ1v) is 6.08. The topological polar surface area (TPSA) is 57.6 Å². The summed E-state index contributed by atoms with van der Waals surface area (Å²) in [4.78, 5) is 24.0. The summed E-state index contributed by atoms with van der Waals surface area (Å²) in [6.07, 6.45) is -4.53. The van der Waals surface area contributed by atoms with E-state index in [1.54, 1.807) is 0 Å². The first-order chi connectivity index (χ1) is 9.68.